The minimum absolute atomic E-state index is 0.0835. The smallest absolute Gasteiger partial charge is 0.325 e. The monoisotopic (exact) mass is 444 g/mol. The van der Waals surface area contributed by atoms with Crippen molar-refractivity contribution in [3.05, 3.63) is 60.2 Å². The Morgan fingerprint density at radius 3 is 2.23 bits per heavy atom. The number of benzene rings is 2. The number of sulfonamides is 1. The van der Waals surface area contributed by atoms with Crippen LogP contribution in [0.3, 0.4) is 0 Å². The molecule has 2 aromatic carbocycles. The number of imide groups is 1. The van der Waals surface area contributed by atoms with Gasteiger partial charge in [0.15, 0.2) is 0 Å². The maximum Gasteiger partial charge on any atom is 0.325 e. The normalized spacial score (nSPS) is 18.9. The lowest BCUT2D eigenvalue weighted by Crippen LogP contribution is -2.44. The highest BCUT2D eigenvalue weighted by Gasteiger charge is 2.51. The van der Waals surface area contributed by atoms with Gasteiger partial charge in [-0.25, -0.2) is 17.5 Å². The van der Waals surface area contributed by atoms with E-state index in [1.807, 2.05) is 6.07 Å². The predicted octanol–water partition coefficient (Wildman–Crippen LogP) is 1.73. The van der Waals surface area contributed by atoms with Gasteiger partial charge in [0.05, 0.1) is 4.90 Å². The summed E-state index contributed by atoms with van der Waals surface area (Å²) in [4.78, 5) is 39.0. The fourth-order valence-electron chi connectivity index (χ4n) is 3.40. The molecule has 2 N–H and O–H groups in total. The first kappa shape index (κ1) is 22.4. The third-order valence-corrected chi connectivity index (χ3v) is 7.02. The topological polar surface area (TPSA) is 116 Å². The van der Waals surface area contributed by atoms with Crippen LogP contribution in [-0.4, -0.2) is 56.1 Å². The second-order valence-electron chi connectivity index (χ2n) is 7.31. The zero-order valence-corrected chi connectivity index (χ0v) is 18.3. The molecule has 1 aliphatic heterocycles. The van der Waals surface area contributed by atoms with Gasteiger partial charge < -0.3 is 10.6 Å². The third kappa shape index (κ3) is 4.17. The highest BCUT2D eigenvalue weighted by atomic mass is 32.2. The van der Waals surface area contributed by atoms with Crippen LogP contribution in [0, 0.1) is 0 Å². The Labute approximate surface area is 181 Å². The summed E-state index contributed by atoms with van der Waals surface area (Å²) in [7, 11) is -0.732. The maximum absolute atomic E-state index is 13.1. The lowest BCUT2D eigenvalue weighted by molar-refractivity contribution is -0.134. The van der Waals surface area contributed by atoms with Crippen molar-refractivity contribution in [3.8, 4) is 0 Å². The van der Waals surface area contributed by atoms with E-state index in [0.29, 0.717) is 17.7 Å². The van der Waals surface area contributed by atoms with Crippen LogP contribution in [0.1, 0.15) is 18.9 Å². The van der Waals surface area contributed by atoms with Crippen molar-refractivity contribution in [3.63, 3.8) is 0 Å². The summed E-state index contributed by atoms with van der Waals surface area (Å²) in [5, 5.41) is 5.30. The average molecular weight is 445 g/mol. The van der Waals surface area contributed by atoms with Gasteiger partial charge in [-0.3, -0.25) is 14.5 Å². The highest BCUT2D eigenvalue weighted by Crippen LogP contribution is 2.32. The summed E-state index contributed by atoms with van der Waals surface area (Å²) < 4.78 is 25.3. The fourth-order valence-corrected chi connectivity index (χ4v) is 4.30. The highest BCUT2D eigenvalue weighted by molar-refractivity contribution is 7.89. The molecular weight excluding hydrogens is 420 g/mol. The molecule has 0 bridgehead atoms. The van der Waals surface area contributed by atoms with E-state index in [1.54, 1.807) is 31.2 Å². The largest absolute Gasteiger partial charge is 0.325 e. The lowest BCUT2D eigenvalue weighted by Gasteiger charge is -2.25. The molecule has 1 atom stereocenters. The average Bonchev–Trinajstić information content (AvgIpc) is 2.99. The minimum atomic E-state index is -3.58. The predicted molar refractivity (Wildman–Crippen MR) is 115 cm³/mol. The van der Waals surface area contributed by atoms with Crippen LogP contribution >= 0.6 is 0 Å². The van der Waals surface area contributed by atoms with E-state index in [0.717, 1.165) is 9.21 Å². The fraction of sp³-hybridized carbons (Fsp3) is 0.286. The van der Waals surface area contributed by atoms with Crippen molar-refractivity contribution in [1.82, 2.24) is 14.5 Å². The summed E-state index contributed by atoms with van der Waals surface area (Å²) in [5.74, 6) is -1.07. The Bertz CT molecular complexity index is 1100. The van der Waals surface area contributed by atoms with Crippen molar-refractivity contribution in [2.75, 3.05) is 26.0 Å². The van der Waals surface area contributed by atoms with E-state index in [9.17, 15) is 22.8 Å². The van der Waals surface area contributed by atoms with Crippen LogP contribution < -0.4 is 10.6 Å². The molecule has 2 aromatic rings. The molecule has 3 rings (SSSR count). The lowest BCUT2D eigenvalue weighted by atomic mass is 9.87. The molecule has 0 saturated carbocycles. The first-order chi connectivity index (χ1) is 14.6. The zero-order valence-electron chi connectivity index (χ0n) is 17.5. The standard InChI is InChI=1S/C21H24N4O5S/c1-4-21(15-8-6-5-7-9-15)19(27)25(20(28)23-21)14-18(26)22-16-10-12-17(13-11-16)31(29,30)24(2)3/h5-13H,4,14H2,1-3H3,(H,22,26)(H,23,28). The van der Waals surface area contributed by atoms with Crippen molar-refractivity contribution in [1.29, 1.82) is 0 Å². The number of hydrogen-bond donors (Lipinski definition) is 2. The summed E-state index contributed by atoms with van der Waals surface area (Å²) >= 11 is 0. The van der Waals surface area contributed by atoms with E-state index in [2.05, 4.69) is 10.6 Å². The van der Waals surface area contributed by atoms with E-state index in [4.69, 9.17) is 0 Å². The van der Waals surface area contributed by atoms with Crippen molar-refractivity contribution in [2.24, 2.45) is 0 Å². The van der Waals surface area contributed by atoms with Crippen molar-refractivity contribution >= 4 is 33.6 Å². The van der Waals surface area contributed by atoms with Crippen LogP contribution in [0.2, 0.25) is 0 Å². The van der Waals surface area contributed by atoms with Crippen LogP contribution in [0.4, 0.5) is 10.5 Å². The summed E-state index contributed by atoms with van der Waals surface area (Å²) in [6.45, 7) is 1.33. The van der Waals surface area contributed by atoms with E-state index in [1.165, 1.54) is 38.4 Å². The number of hydrogen-bond acceptors (Lipinski definition) is 5. The number of nitrogens with zero attached hydrogens (tertiary/aromatic N) is 2. The van der Waals surface area contributed by atoms with Gasteiger partial charge >= 0.3 is 6.03 Å². The number of urea groups is 1. The van der Waals surface area contributed by atoms with E-state index >= 15 is 0 Å². The van der Waals surface area contributed by atoms with Crippen LogP contribution in [0.5, 0.6) is 0 Å². The van der Waals surface area contributed by atoms with Gasteiger partial charge in [0.25, 0.3) is 5.91 Å². The van der Waals surface area contributed by atoms with E-state index < -0.39 is 40.0 Å². The van der Waals surface area contributed by atoms with Crippen molar-refractivity contribution in [2.45, 2.75) is 23.8 Å². The maximum atomic E-state index is 13.1. The van der Waals surface area contributed by atoms with Crippen molar-refractivity contribution < 1.29 is 22.8 Å². The number of carbonyl (C=O) groups is 3. The molecule has 164 valence electrons. The third-order valence-electron chi connectivity index (χ3n) is 5.19. The van der Waals surface area contributed by atoms with Gasteiger partial charge in [-0.05, 0) is 36.2 Å². The van der Waals surface area contributed by atoms with Crippen LogP contribution in [0.15, 0.2) is 59.5 Å². The number of rotatable bonds is 7. The first-order valence-corrected chi connectivity index (χ1v) is 11.1. The summed E-state index contributed by atoms with van der Waals surface area (Å²) in [6, 6.07) is 13.9. The second kappa shape index (κ2) is 8.48. The van der Waals surface area contributed by atoms with Gasteiger partial charge in [0, 0.05) is 19.8 Å². The van der Waals surface area contributed by atoms with Gasteiger partial charge in [0.2, 0.25) is 15.9 Å². The minimum Gasteiger partial charge on any atom is -0.325 e. The number of anilines is 1. The SMILES string of the molecule is CCC1(c2ccccc2)NC(=O)N(CC(=O)Nc2ccc(S(=O)(=O)N(C)C)cc2)C1=O. The molecule has 1 unspecified atom stereocenters. The molecule has 1 aliphatic rings. The Morgan fingerprint density at radius 1 is 1.06 bits per heavy atom. The van der Waals surface area contributed by atoms with Gasteiger partial charge in [-0.2, -0.15) is 0 Å². The van der Waals surface area contributed by atoms with Gasteiger partial charge in [-0.15, -0.1) is 0 Å². The number of nitrogens with one attached hydrogen (secondary N) is 2. The Kier molecular flexibility index (Phi) is 6.14. The Morgan fingerprint density at radius 2 is 1.68 bits per heavy atom. The molecule has 10 heteroatoms. The molecule has 0 spiro atoms. The van der Waals surface area contributed by atoms with Gasteiger partial charge in [0.1, 0.15) is 12.1 Å². The molecular formula is C21H24N4O5S. The van der Waals surface area contributed by atoms with Gasteiger partial charge in [-0.1, -0.05) is 37.3 Å². The first-order valence-electron chi connectivity index (χ1n) is 9.64. The van der Waals surface area contributed by atoms with E-state index in [-0.39, 0.29) is 4.90 Å². The molecule has 0 aromatic heterocycles. The Balaban J connectivity index is 1.72. The molecule has 1 heterocycles. The second-order valence-corrected chi connectivity index (χ2v) is 9.46. The zero-order chi connectivity index (χ0) is 22.8. The summed E-state index contributed by atoms with van der Waals surface area (Å²) in [5.41, 5.74) is -0.211. The molecule has 1 saturated heterocycles. The summed E-state index contributed by atoms with van der Waals surface area (Å²) in [6.07, 6.45) is 0.335. The van der Waals surface area contributed by atoms with Crippen LogP contribution in [0.25, 0.3) is 0 Å². The van der Waals surface area contributed by atoms with Crippen LogP contribution in [-0.2, 0) is 25.2 Å². The molecule has 4 amide bonds. The molecule has 1 fully saturated rings. The Hall–Kier alpha value is -3.24. The quantitative estimate of drug-likeness (QED) is 0.631. The number of carbonyl (C=O) groups excluding carboxylic acids is 3. The molecule has 31 heavy (non-hydrogen) atoms. The number of amides is 4. The molecule has 0 radical (unpaired) electrons. The molecule has 9 nitrogen and oxygen atoms in total. The molecule has 0 aliphatic carbocycles.